The Labute approximate surface area is 338 Å². The van der Waals surface area contributed by atoms with E-state index in [9.17, 15) is 0 Å². The van der Waals surface area contributed by atoms with Crippen LogP contribution >= 0.6 is 0 Å². The first-order valence-electron chi connectivity index (χ1n) is 20.2. The summed E-state index contributed by atoms with van der Waals surface area (Å²) in [6, 6.07) is 65.5. The molecule has 0 amide bonds. The van der Waals surface area contributed by atoms with Crippen molar-refractivity contribution in [2.75, 3.05) is 4.90 Å². The van der Waals surface area contributed by atoms with E-state index in [0.717, 1.165) is 52.4 Å². The molecule has 3 nitrogen and oxygen atoms in total. The highest BCUT2D eigenvalue weighted by Gasteiger charge is 2.53. The van der Waals surface area contributed by atoms with Gasteiger partial charge in [-0.15, -0.1) is 0 Å². The second-order valence-corrected chi connectivity index (χ2v) is 15.4. The average molecular weight is 744 g/mol. The summed E-state index contributed by atoms with van der Waals surface area (Å²) in [5.41, 5.74) is 17.3. The summed E-state index contributed by atoms with van der Waals surface area (Å²) < 4.78 is 14.3. The number of allylic oxidation sites excluding steroid dienone is 4. The van der Waals surface area contributed by atoms with Crippen molar-refractivity contribution in [3.63, 3.8) is 0 Å². The highest BCUT2D eigenvalue weighted by molar-refractivity contribution is 5.98. The van der Waals surface area contributed by atoms with Gasteiger partial charge in [0.2, 0.25) is 0 Å². The molecule has 8 aromatic carbocycles. The van der Waals surface area contributed by atoms with E-state index >= 15 is 0 Å². The van der Waals surface area contributed by atoms with Gasteiger partial charge in [0, 0.05) is 16.8 Å². The lowest BCUT2D eigenvalue weighted by Gasteiger charge is -2.34. The molecule has 12 rings (SSSR count). The predicted octanol–water partition coefficient (Wildman–Crippen LogP) is 14.6. The van der Waals surface area contributed by atoms with Gasteiger partial charge in [0.05, 0.1) is 16.8 Å². The molecular weight excluding hydrogens is 707 g/mol. The standard InChI is InChI=1S/C55H37NO2/c1-3-17-36(18-4-1)37-19-15-20-38(35-37)40-23-10-14-30-48(40)56(39-21-5-2-6-22-39)49-31-16-32-50-53(49)58-54-51(57-50)34-33-47-52(54)43-26-9-13-29-46(43)55(47)44-27-11-7-24-41(44)42-25-8-12-28-45(42)55/h1-5,7-21,23-35H,6,22H2. The number of hydrogen-bond acceptors (Lipinski definition) is 3. The number of fused-ring (bicyclic) bond motifs is 13. The summed E-state index contributed by atoms with van der Waals surface area (Å²) in [5.74, 6) is 2.88. The molecule has 0 fully saturated rings. The molecule has 58 heavy (non-hydrogen) atoms. The van der Waals surface area contributed by atoms with E-state index in [-0.39, 0.29) is 0 Å². The van der Waals surface area contributed by atoms with Crippen molar-refractivity contribution in [3.05, 3.63) is 228 Å². The Hall–Kier alpha value is -7.36. The van der Waals surface area contributed by atoms with Gasteiger partial charge in [-0.1, -0.05) is 164 Å². The van der Waals surface area contributed by atoms with Crippen LogP contribution in [0.15, 0.2) is 206 Å². The zero-order chi connectivity index (χ0) is 38.2. The van der Waals surface area contributed by atoms with Gasteiger partial charge in [-0.05, 0) is 105 Å². The van der Waals surface area contributed by atoms with Gasteiger partial charge in [-0.25, -0.2) is 0 Å². The minimum absolute atomic E-state index is 0.476. The maximum Gasteiger partial charge on any atom is 0.194 e. The molecule has 0 N–H and O–H groups in total. The van der Waals surface area contributed by atoms with E-state index in [4.69, 9.17) is 9.47 Å². The van der Waals surface area contributed by atoms with Crippen LogP contribution in [-0.2, 0) is 5.41 Å². The SMILES string of the molecule is C1=CCCC(N(c2ccccc2-c2cccc(-c3ccccc3)c2)c2cccc3c2Oc2c(ccc4c2-c2ccccc2C42c4ccccc4-c4ccccc42)O3)=C1. The van der Waals surface area contributed by atoms with Crippen LogP contribution in [0.25, 0.3) is 44.5 Å². The van der Waals surface area contributed by atoms with Crippen molar-refractivity contribution in [2.24, 2.45) is 0 Å². The lowest BCUT2D eigenvalue weighted by molar-refractivity contribution is 0.361. The molecule has 0 bridgehead atoms. The number of ether oxygens (including phenoxy) is 2. The Morgan fingerprint density at radius 3 is 1.79 bits per heavy atom. The van der Waals surface area contributed by atoms with Crippen LogP contribution in [-0.4, -0.2) is 0 Å². The van der Waals surface area contributed by atoms with E-state index < -0.39 is 5.41 Å². The molecule has 274 valence electrons. The van der Waals surface area contributed by atoms with Crippen LogP contribution in [0, 0.1) is 0 Å². The van der Waals surface area contributed by atoms with E-state index in [2.05, 4.69) is 199 Å². The fraction of sp³-hybridized carbons (Fsp3) is 0.0545. The molecule has 1 spiro atoms. The number of hydrogen-bond donors (Lipinski definition) is 0. The highest BCUT2D eigenvalue weighted by atomic mass is 16.6. The van der Waals surface area contributed by atoms with Crippen LogP contribution in [0.3, 0.4) is 0 Å². The second-order valence-electron chi connectivity index (χ2n) is 15.4. The maximum absolute atomic E-state index is 7.39. The average Bonchev–Trinajstić information content (AvgIpc) is 3.77. The third-order valence-electron chi connectivity index (χ3n) is 12.4. The minimum atomic E-state index is -0.476. The number of para-hydroxylation sites is 2. The normalized spacial score (nSPS) is 14.5. The summed E-state index contributed by atoms with van der Waals surface area (Å²) in [7, 11) is 0. The monoisotopic (exact) mass is 743 g/mol. The van der Waals surface area contributed by atoms with Crippen LogP contribution in [0.1, 0.15) is 35.1 Å². The molecular formula is C55H37NO2. The van der Waals surface area contributed by atoms with E-state index in [1.807, 2.05) is 6.07 Å². The van der Waals surface area contributed by atoms with Gasteiger partial charge < -0.3 is 14.4 Å². The molecule has 1 aliphatic heterocycles. The molecule has 0 atom stereocenters. The zero-order valence-electron chi connectivity index (χ0n) is 31.7. The summed E-state index contributed by atoms with van der Waals surface area (Å²) in [4.78, 5) is 2.39. The van der Waals surface area contributed by atoms with E-state index in [1.54, 1.807) is 0 Å². The summed E-state index contributed by atoms with van der Waals surface area (Å²) in [6.07, 6.45) is 8.50. The largest absolute Gasteiger partial charge is 0.449 e. The van der Waals surface area contributed by atoms with Gasteiger partial charge in [-0.2, -0.15) is 0 Å². The smallest absolute Gasteiger partial charge is 0.194 e. The number of anilines is 2. The van der Waals surface area contributed by atoms with Crippen molar-refractivity contribution in [1.29, 1.82) is 0 Å². The Morgan fingerprint density at radius 1 is 0.431 bits per heavy atom. The molecule has 3 heteroatoms. The lowest BCUT2D eigenvalue weighted by Crippen LogP contribution is -2.25. The molecule has 0 saturated heterocycles. The first-order chi connectivity index (χ1) is 28.8. The first-order valence-corrected chi connectivity index (χ1v) is 20.2. The van der Waals surface area contributed by atoms with Crippen molar-refractivity contribution in [3.8, 4) is 67.5 Å². The summed E-state index contributed by atoms with van der Waals surface area (Å²) >= 11 is 0. The van der Waals surface area contributed by atoms with Gasteiger partial charge in [0.25, 0.3) is 0 Å². The van der Waals surface area contributed by atoms with E-state index in [1.165, 1.54) is 55.8 Å². The molecule has 1 heterocycles. The fourth-order valence-electron chi connectivity index (χ4n) is 10.0. The number of rotatable bonds is 5. The lowest BCUT2D eigenvalue weighted by atomic mass is 9.70. The van der Waals surface area contributed by atoms with Crippen molar-refractivity contribution in [2.45, 2.75) is 18.3 Å². The Bertz CT molecular complexity index is 2980. The highest BCUT2D eigenvalue weighted by Crippen LogP contribution is 2.67. The first kappa shape index (κ1) is 32.8. The van der Waals surface area contributed by atoms with Crippen molar-refractivity contribution < 1.29 is 9.47 Å². The molecule has 3 aliphatic carbocycles. The Balaban J connectivity index is 1.05. The molecule has 0 unspecified atom stereocenters. The molecule has 0 radical (unpaired) electrons. The Morgan fingerprint density at radius 2 is 1.03 bits per heavy atom. The van der Waals surface area contributed by atoms with Crippen molar-refractivity contribution >= 4 is 11.4 Å². The summed E-state index contributed by atoms with van der Waals surface area (Å²) in [6.45, 7) is 0. The topological polar surface area (TPSA) is 21.7 Å². The molecule has 0 aromatic heterocycles. The quantitative estimate of drug-likeness (QED) is 0.175. The molecule has 4 aliphatic rings. The Kier molecular flexibility index (Phi) is 7.27. The van der Waals surface area contributed by atoms with Gasteiger partial charge in [-0.3, -0.25) is 0 Å². The number of benzene rings is 8. The third-order valence-corrected chi connectivity index (χ3v) is 12.4. The van der Waals surface area contributed by atoms with Gasteiger partial charge >= 0.3 is 0 Å². The zero-order valence-corrected chi connectivity index (χ0v) is 31.7. The fourth-order valence-corrected chi connectivity index (χ4v) is 10.0. The van der Waals surface area contributed by atoms with Crippen molar-refractivity contribution in [1.82, 2.24) is 0 Å². The third kappa shape index (κ3) is 4.68. The summed E-state index contributed by atoms with van der Waals surface area (Å²) in [5, 5.41) is 0. The van der Waals surface area contributed by atoms with Gasteiger partial charge in [0.15, 0.2) is 23.0 Å². The molecule has 0 saturated carbocycles. The van der Waals surface area contributed by atoms with Crippen LogP contribution in [0.2, 0.25) is 0 Å². The maximum atomic E-state index is 7.39. The molecule has 8 aromatic rings. The van der Waals surface area contributed by atoms with Gasteiger partial charge in [0.1, 0.15) is 0 Å². The van der Waals surface area contributed by atoms with Crippen LogP contribution in [0.5, 0.6) is 23.0 Å². The number of nitrogens with zero attached hydrogens (tertiary/aromatic N) is 1. The van der Waals surface area contributed by atoms with Crippen LogP contribution in [0.4, 0.5) is 11.4 Å². The van der Waals surface area contributed by atoms with E-state index in [0.29, 0.717) is 11.5 Å². The second kappa shape index (κ2) is 12.8. The minimum Gasteiger partial charge on any atom is -0.449 e. The van der Waals surface area contributed by atoms with Crippen LogP contribution < -0.4 is 14.4 Å². The predicted molar refractivity (Wildman–Crippen MR) is 235 cm³/mol.